The number of carbonyl (C=O) groups excluding carboxylic acids is 2. The molecule has 0 aliphatic carbocycles. The van der Waals surface area contributed by atoms with Crippen LogP contribution in [0.4, 0.5) is 5.69 Å². The number of halogens is 1. The first-order valence-electron chi connectivity index (χ1n) is 7.72. The number of guanidine groups is 1. The topological polar surface area (TPSA) is 173 Å². The van der Waals surface area contributed by atoms with Crippen LogP contribution < -0.4 is 22.5 Å². The molecule has 0 saturated carbocycles. The standard InChI is InChI=1S/C16H22ClN7O2/c1-8(2)7-11(13(19)25)23-16(21)24-15(12(18)14(20)26)22-10-5-3-9(17)4-6-10/h3-6,8,11,18H,7H2,1-2H3,(H2,19,25)(H2,20,26)(H3,21,22,23,24)/t11-/m1/s1. The monoisotopic (exact) mass is 379 g/mol. The van der Waals surface area contributed by atoms with Crippen LogP contribution in [0.3, 0.4) is 0 Å². The van der Waals surface area contributed by atoms with Crippen LogP contribution in [0.5, 0.6) is 0 Å². The molecule has 0 aliphatic heterocycles. The van der Waals surface area contributed by atoms with Crippen LogP contribution in [0.2, 0.25) is 5.02 Å². The van der Waals surface area contributed by atoms with Crippen molar-refractivity contribution in [3.63, 3.8) is 0 Å². The van der Waals surface area contributed by atoms with Crippen LogP contribution in [0.15, 0.2) is 34.3 Å². The minimum Gasteiger partial charge on any atom is -0.368 e. The number of anilines is 1. The normalized spacial score (nSPS) is 13.4. The summed E-state index contributed by atoms with van der Waals surface area (Å²) in [6.07, 6.45) is 0.388. The van der Waals surface area contributed by atoms with Crippen molar-refractivity contribution in [1.29, 1.82) is 5.41 Å². The number of aliphatic imine (C=N–C) groups is 2. The average molecular weight is 380 g/mol. The molecule has 2 amide bonds. The van der Waals surface area contributed by atoms with Gasteiger partial charge in [0.25, 0.3) is 5.91 Å². The number of carbonyl (C=O) groups is 2. The summed E-state index contributed by atoms with van der Waals surface area (Å²) in [4.78, 5) is 30.7. The highest BCUT2D eigenvalue weighted by molar-refractivity contribution is 6.67. The van der Waals surface area contributed by atoms with Gasteiger partial charge in [-0.25, -0.2) is 4.99 Å². The predicted molar refractivity (Wildman–Crippen MR) is 103 cm³/mol. The van der Waals surface area contributed by atoms with Crippen LogP contribution in [-0.4, -0.2) is 35.4 Å². The van der Waals surface area contributed by atoms with E-state index in [0.29, 0.717) is 17.1 Å². The van der Waals surface area contributed by atoms with Gasteiger partial charge in [-0.15, -0.1) is 0 Å². The Balaban J connectivity index is 3.16. The number of nitrogens with two attached hydrogens (primary N) is 3. The van der Waals surface area contributed by atoms with Gasteiger partial charge in [-0.3, -0.25) is 15.0 Å². The second-order valence-corrected chi connectivity index (χ2v) is 6.30. The fourth-order valence-electron chi connectivity index (χ4n) is 1.92. The molecule has 0 radical (unpaired) electrons. The van der Waals surface area contributed by atoms with Crippen molar-refractivity contribution >= 4 is 46.6 Å². The predicted octanol–water partition coefficient (Wildman–Crippen LogP) is 0.870. The van der Waals surface area contributed by atoms with Crippen molar-refractivity contribution in [3.05, 3.63) is 29.3 Å². The van der Waals surface area contributed by atoms with E-state index in [9.17, 15) is 9.59 Å². The molecule has 0 spiro atoms. The number of amides is 2. The number of rotatable bonds is 7. The summed E-state index contributed by atoms with van der Waals surface area (Å²) in [5.74, 6) is -2.02. The van der Waals surface area contributed by atoms with E-state index >= 15 is 0 Å². The molecule has 0 aliphatic rings. The molecule has 9 nitrogen and oxygen atoms in total. The SMILES string of the molecule is CC(C)C[C@@H](N=C(N)N=C(Nc1ccc(Cl)cc1)C(=N)C(N)=O)C(N)=O. The Hall–Kier alpha value is -2.94. The van der Waals surface area contributed by atoms with Crippen molar-refractivity contribution in [2.45, 2.75) is 26.3 Å². The Morgan fingerprint density at radius 3 is 2.23 bits per heavy atom. The largest absolute Gasteiger partial charge is 0.368 e. The third kappa shape index (κ3) is 6.89. The van der Waals surface area contributed by atoms with Gasteiger partial charge in [0.15, 0.2) is 11.5 Å². The lowest BCUT2D eigenvalue weighted by atomic mass is 10.0. The van der Waals surface area contributed by atoms with Crippen molar-refractivity contribution < 1.29 is 9.59 Å². The highest BCUT2D eigenvalue weighted by Crippen LogP contribution is 2.13. The third-order valence-electron chi connectivity index (χ3n) is 3.13. The van der Waals surface area contributed by atoms with E-state index in [4.69, 9.17) is 34.2 Å². The molecule has 8 N–H and O–H groups in total. The highest BCUT2D eigenvalue weighted by Gasteiger charge is 2.18. The van der Waals surface area contributed by atoms with Gasteiger partial charge in [0.05, 0.1) is 0 Å². The summed E-state index contributed by atoms with van der Waals surface area (Å²) >= 11 is 5.82. The Morgan fingerprint density at radius 2 is 1.77 bits per heavy atom. The molecule has 1 aromatic carbocycles. The van der Waals surface area contributed by atoms with Crippen LogP contribution in [0.25, 0.3) is 0 Å². The lowest BCUT2D eigenvalue weighted by Crippen LogP contribution is -2.36. The lowest BCUT2D eigenvalue weighted by Gasteiger charge is -2.12. The van der Waals surface area contributed by atoms with Gasteiger partial charge in [0.2, 0.25) is 11.9 Å². The fourth-order valence-corrected chi connectivity index (χ4v) is 2.04. The first-order chi connectivity index (χ1) is 12.1. The van der Waals surface area contributed by atoms with Crippen molar-refractivity contribution in [2.24, 2.45) is 33.1 Å². The molecule has 0 unspecified atom stereocenters. The molecular weight excluding hydrogens is 358 g/mol. The molecule has 0 heterocycles. The molecular formula is C16H22ClN7O2. The lowest BCUT2D eigenvalue weighted by molar-refractivity contribution is -0.119. The molecule has 0 saturated heterocycles. The minimum absolute atomic E-state index is 0.156. The van der Waals surface area contributed by atoms with E-state index in [1.165, 1.54) is 0 Å². The van der Waals surface area contributed by atoms with Crippen molar-refractivity contribution in [1.82, 2.24) is 0 Å². The number of hydrogen-bond donors (Lipinski definition) is 5. The minimum atomic E-state index is -1.01. The summed E-state index contributed by atoms with van der Waals surface area (Å²) in [6.45, 7) is 3.81. The maximum absolute atomic E-state index is 11.5. The third-order valence-corrected chi connectivity index (χ3v) is 3.38. The summed E-state index contributed by atoms with van der Waals surface area (Å²) in [5.41, 5.74) is 16.1. The van der Waals surface area contributed by atoms with E-state index in [2.05, 4.69) is 15.3 Å². The first-order valence-corrected chi connectivity index (χ1v) is 8.10. The second-order valence-electron chi connectivity index (χ2n) is 5.87. The summed E-state index contributed by atoms with van der Waals surface area (Å²) < 4.78 is 0. The van der Waals surface area contributed by atoms with Gasteiger partial charge >= 0.3 is 0 Å². The maximum Gasteiger partial charge on any atom is 0.270 e. The quantitative estimate of drug-likeness (QED) is 0.349. The summed E-state index contributed by atoms with van der Waals surface area (Å²) in [7, 11) is 0. The number of nitrogens with one attached hydrogen (secondary N) is 2. The molecule has 140 valence electrons. The number of nitrogens with zero attached hydrogens (tertiary/aromatic N) is 2. The molecule has 10 heteroatoms. The molecule has 1 aromatic rings. The van der Waals surface area contributed by atoms with E-state index in [1.54, 1.807) is 24.3 Å². The molecule has 1 atom stereocenters. The fraction of sp³-hybridized carbons (Fsp3) is 0.312. The Bertz CT molecular complexity index is 741. The second kappa shape index (κ2) is 9.52. The Morgan fingerprint density at radius 1 is 1.19 bits per heavy atom. The van der Waals surface area contributed by atoms with Gasteiger partial charge in [-0.05, 0) is 36.6 Å². The zero-order chi connectivity index (χ0) is 19.9. The Kier molecular flexibility index (Phi) is 7.73. The maximum atomic E-state index is 11.5. The molecule has 0 fully saturated rings. The molecule has 0 aromatic heterocycles. The zero-order valence-electron chi connectivity index (χ0n) is 14.5. The van der Waals surface area contributed by atoms with Crippen LogP contribution in [-0.2, 0) is 9.59 Å². The summed E-state index contributed by atoms with van der Waals surface area (Å²) in [5, 5.41) is 11.0. The molecule has 26 heavy (non-hydrogen) atoms. The van der Waals surface area contributed by atoms with Crippen molar-refractivity contribution in [3.8, 4) is 0 Å². The van der Waals surface area contributed by atoms with Crippen LogP contribution in [0, 0.1) is 11.3 Å². The summed E-state index contributed by atoms with van der Waals surface area (Å²) in [6, 6.07) is 5.59. The number of amidine groups is 1. The van der Waals surface area contributed by atoms with Gasteiger partial charge in [0, 0.05) is 10.7 Å². The average Bonchev–Trinajstić information content (AvgIpc) is 2.54. The van der Waals surface area contributed by atoms with Gasteiger partial charge in [-0.2, -0.15) is 4.99 Å². The highest BCUT2D eigenvalue weighted by atomic mass is 35.5. The molecule has 1 rings (SSSR count). The van der Waals surface area contributed by atoms with Gasteiger partial charge < -0.3 is 22.5 Å². The number of hydrogen-bond acceptors (Lipinski definition) is 4. The zero-order valence-corrected chi connectivity index (χ0v) is 15.2. The van der Waals surface area contributed by atoms with E-state index < -0.39 is 23.6 Å². The first kappa shape index (κ1) is 21.1. The van der Waals surface area contributed by atoms with Crippen LogP contribution in [0.1, 0.15) is 20.3 Å². The van der Waals surface area contributed by atoms with Gasteiger partial charge in [0.1, 0.15) is 6.04 Å². The Labute approximate surface area is 156 Å². The smallest absolute Gasteiger partial charge is 0.270 e. The van der Waals surface area contributed by atoms with E-state index in [1.807, 2.05) is 13.8 Å². The van der Waals surface area contributed by atoms with Gasteiger partial charge in [-0.1, -0.05) is 25.4 Å². The van der Waals surface area contributed by atoms with Crippen molar-refractivity contribution in [2.75, 3.05) is 5.32 Å². The van der Waals surface area contributed by atoms with Crippen LogP contribution >= 0.6 is 11.6 Å². The van der Waals surface area contributed by atoms with E-state index in [0.717, 1.165) is 0 Å². The number of primary amides is 2. The molecule has 0 bridgehead atoms. The van der Waals surface area contributed by atoms with E-state index in [-0.39, 0.29) is 17.7 Å². The number of benzene rings is 1.